The predicted molar refractivity (Wildman–Crippen MR) is 37.1 cm³/mol. The van der Waals surface area contributed by atoms with E-state index in [9.17, 15) is 26.7 Å². The van der Waals surface area contributed by atoms with Gasteiger partial charge in [-0.3, -0.25) is 4.79 Å². The molecule has 0 aliphatic rings. The lowest BCUT2D eigenvalue weighted by atomic mass is 10.1. The van der Waals surface area contributed by atoms with Crippen molar-refractivity contribution in [3.63, 3.8) is 0 Å². The van der Waals surface area contributed by atoms with Crippen LogP contribution in [0.3, 0.4) is 0 Å². The second kappa shape index (κ2) is 4.56. The number of carboxylic acids is 1. The van der Waals surface area contributed by atoms with Crippen LogP contribution in [0.15, 0.2) is 0 Å². The van der Waals surface area contributed by atoms with E-state index < -0.39 is 37.3 Å². The number of carbonyl (C=O) groups is 1. The fourth-order valence-corrected chi connectivity index (χ4v) is 0.765. The Morgan fingerprint density at radius 3 is 1.93 bits per heavy atom. The fourth-order valence-electron chi connectivity index (χ4n) is 0.765. The number of carboxylic acid groups (broad SMARTS) is 1. The van der Waals surface area contributed by atoms with Crippen LogP contribution in [0.5, 0.6) is 0 Å². The van der Waals surface area contributed by atoms with Crippen LogP contribution in [-0.2, 0) is 4.79 Å². The molecule has 1 N–H and O–H groups in total. The van der Waals surface area contributed by atoms with Gasteiger partial charge in [-0.2, -0.15) is 22.0 Å². The Bertz CT molecular complexity index is 199. The maximum atomic E-state index is 12.2. The van der Waals surface area contributed by atoms with E-state index >= 15 is 0 Å². The molecule has 0 aromatic carbocycles. The third-order valence-electron chi connectivity index (χ3n) is 1.55. The highest BCUT2D eigenvalue weighted by Crippen LogP contribution is 2.39. The average Bonchev–Trinajstić information content (AvgIpc) is 1.95. The van der Waals surface area contributed by atoms with E-state index in [1.54, 1.807) is 0 Å². The molecule has 0 aliphatic carbocycles. The molecule has 0 bridgehead atoms. The molecule has 2 nitrogen and oxygen atoms in total. The smallest absolute Gasteiger partial charge is 0.453 e. The Balaban J connectivity index is 3.83. The highest BCUT2D eigenvalue weighted by atomic mass is 19.4. The predicted octanol–water partition coefficient (Wildman–Crippen LogP) is 2.83. The lowest BCUT2D eigenvalue weighted by Gasteiger charge is -2.18. The Morgan fingerprint density at radius 1 is 1.07 bits per heavy atom. The zero-order valence-corrected chi connectivity index (χ0v) is 7.07. The maximum Gasteiger partial charge on any atom is 0.453 e. The molecule has 0 aliphatic heterocycles. The van der Waals surface area contributed by atoms with Crippen molar-refractivity contribution in [2.75, 3.05) is 0 Å². The molecule has 0 spiro atoms. The van der Waals surface area contributed by atoms with Gasteiger partial charge in [-0.1, -0.05) is 0 Å². The van der Waals surface area contributed by atoms with Gasteiger partial charge in [0.15, 0.2) is 0 Å². The first kappa shape index (κ1) is 13.1. The largest absolute Gasteiger partial charge is 0.481 e. The van der Waals surface area contributed by atoms with Gasteiger partial charge in [0, 0.05) is 12.8 Å². The number of halogens is 5. The van der Waals surface area contributed by atoms with E-state index in [1.807, 2.05) is 0 Å². The molecule has 0 unspecified atom stereocenters. The zero-order chi connectivity index (χ0) is 11.4. The van der Waals surface area contributed by atoms with Gasteiger partial charge in [0.25, 0.3) is 0 Å². The Kier molecular flexibility index (Phi) is 4.28. The van der Waals surface area contributed by atoms with Crippen molar-refractivity contribution in [1.82, 2.24) is 0 Å². The van der Waals surface area contributed by atoms with Gasteiger partial charge in [-0.25, -0.2) is 0 Å². The third kappa shape index (κ3) is 4.38. The van der Waals surface area contributed by atoms with Gasteiger partial charge in [0.1, 0.15) is 0 Å². The van der Waals surface area contributed by atoms with Gasteiger partial charge in [-0.05, 0) is 12.8 Å². The number of alkyl halides is 5. The minimum absolute atomic E-state index is 0.180. The highest BCUT2D eigenvalue weighted by molar-refractivity contribution is 5.66. The van der Waals surface area contributed by atoms with Crippen molar-refractivity contribution in [3.8, 4) is 0 Å². The summed E-state index contributed by atoms with van der Waals surface area (Å²) in [7, 11) is 0. The molecule has 0 saturated heterocycles. The van der Waals surface area contributed by atoms with E-state index in [-0.39, 0.29) is 6.42 Å². The van der Waals surface area contributed by atoms with E-state index in [4.69, 9.17) is 5.11 Å². The van der Waals surface area contributed by atoms with Crippen LogP contribution in [0.25, 0.3) is 0 Å². The molecule has 0 heterocycles. The molecule has 0 amide bonds. The first-order valence-corrected chi connectivity index (χ1v) is 3.83. The fraction of sp³-hybridized carbons (Fsp3) is 0.857. The summed E-state index contributed by atoms with van der Waals surface area (Å²) < 4.78 is 59.0. The molecular weight excluding hydrogens is 211 g/mol. The number of hydrogen-bond donors (Lipinski definition) is 1. The van der Waals surface area contributed by atoms with Crippen LogP contribution >= 0.6 is 0 Å². The zero-order valence-electron chi connectivity index (χ0n) is 7.07. The standard InChI is InChI=1S/C7H9F5O2/c8-6(9,7(10,11)12)4-2-1-3-5(13)14/h1-4H2,(H,13,14). The van der Waals surface area contributed by atoms with E-state index in [0.717, 1.165) is 0 Å². The summed E-state index contributed by atoms with van der Waals surface area (Å²) in [4.78, 5) is 9.91. The molecule has 0 rings (SSSR count). The van der Waals surface area contributed by atoms with E-state index in [1.165, 1.54) is 0 Å². The van der Waals surface area contributed by atoms with Crippen molar-refractivity contribution in [3.05, 3.63) is 0 Å². The molecule has 0 radical (unpaired) electrons. The van der Waals surface area contributed by atoms with Gasteiger partial charge >= 0.3 is 18.1 Å². The van der Waals surface area contributed by atoms with Crippen molar-refractivity contribution < 1.29 is 31.9 Å². The van der Waals surface area contributed by atoms with Gasteiger partial charge in [-0.15, -0.1) is 0 Å². The molecule has 7 heteroatoms. The van der Waals surface area contributed by atoms with Crippen molar-refractivity contribution >= 4 is 5.97 Å². The lowest BCUT2D eigenvalue weighted by Crippen LogP contribution is -2.36. The van der Waals surface area contributed by atoms with Crippen LogP contribution < -0.4 is 0 Å². The van der Waals surface area contributed by atoms with Crippen LogP contribution in [0, 0.1) is 0 Å². The summed E-state index contributed by atoms with van der Waals surface area (Å²) in [5, 5.41) is 8.09. The minimum Gasteiger partial charge on any atom is -0.481 e. The van der Waals surface area contributed by atoms with Crippen LogP contribution in [0.2, 0.25) is 0 Å². The number of hydrogen-bond acceptors (Lipinski definition) is 1. The molecule has 0 fully saturated rings. The molecule has 84 valence electrons. The Morgan fingerprint density at radius 2 is 1.57 bits per heavy atom. The second-order valence-electron chi connectivity index (χ2n) is 2.80. The summed E-state index contributed by atoms with van der Waals surface area (Å²) >= 11 is 0. The lowest BCUT2D eigenvalue weighted by molar-refractivity contribution is -0.284. The van der Waals surface area contributed by atoms with Crippen molar-refractivity contribution in [2.24, 2.45) is 0 Å². The van der Waals surface area contributed by atoms with Crippen LogP contribution in [0.4, 0.5) is 22.0 Å². The van der Waals surface area contributed by atoms with E-state index in [2.05, 4.69) is 0 Å². The molecule has 0 aromatic heterocycles. The molecule has 0 atom stereocenters. The van der Waals surface area contributed by atoms with Crippen LogP contribution in [-0.4, -0.2) is 23.2 Å². The summed E-state index contributed by atoms with van der Waals surface area (Å²) in [6, 6.07) is 0. The summed E-state index contributed by atoms with van der Waals surface area (Å²) in [5.41, 5.74) is 0. The van der Waals surface area contributed by atoms with Crippen molar-refractivity contribution in [2.45, 2.75) is 37.8 Å². The molecule has 0 aromatic rings. The molecule has 14 heavy (non-hydrogen) atoms. The number of unbranched alkanes of at least 4 members (excludes halogenated alkanes) is 1. The normalized spacial score (nSPS) is 12.9. The second-order valence-corrected chi connectivity index (χ2v) is 2.80. The van der Waals surface area contributed by atoms with Gasteiger partial charge in [0.05, 0.1) is 0 Å². The third-order valence-corrected chi connectivity index (χ3v) is 1.55. The van der Waals surface area contributed by atoms with Gasteiger partial charge < -0.3 is 5.11 Å². The average molecular weight is 220 g/mol. The van der Waals surface area contributed by atoms with Gasteiger partial charge in [0.2, 0.25) is 0 Å². The maximum absolute atomic E-state index is 12.2. The van der Waals surface area contributed by atoms with E-state index in [0.29, 0.717) is 0 Å². The summed E-state index contributed by atoms with van der Waals surface area (Å²) in [6.07, 6.45) is -7.94. The molecule has 0 saturated carbocycles. The van der Waals surface area contributed by atoms with Crippen LogP contribution in [0.1, 0.15) is 25.7 Å². The first-order valence-electron chi connectivity index (χ1n) is 3.83. The SMILES string of the molecule is O=C(O)CCCCC(F)(F)C(F)(F)F. The summed E-state index contributed by atoms with van der Waals surface area (Å²) in [5.74, 6) is -5.92. The van der Waals surface area contributed by atoms with Crippen molar-refractivity contribution in [1.29, 1.82) is 0 Å². The topological polar surface area (TPSA) is 37.3 Å². The summed E-state index contributed by atoms with van der Waals surface area (Å²) in [6.45, 7) is 0. The number of rotatable bonds is 5. The number of aliphatic carboxylic acids is 1. The Labute approximate surface area is 76.7 Å². The Hall–Kier alpha value is -0.880. The first-order chi connectivity index (χ1) is 6.17. The highest BCUT2D eigenvalue weighted by Gasteiger charge is 2.56. The molecular formula is C7H9F5O2. The quantitative estimate of drug-likeness (QED) is 0.571. The minimum atomic E-state index is -5.55. The monoisotopic (exact) mass is 220 g/mol.